The normalized spacial score (nSPS) is 20.7. The van der Waals surface area contributed by atoms with E-state index in [2.05, 4.69) is 10.2 Å². The third-order valence-corrected chi connectivity index (χ3v) is 3.40. The van der Waals surface area contributed by atoms with E-state index in [0.717, 1.165) is 13.1 Å². The van der Waals surface area contributed by atoms with Crippen molar-refractivity contribution in [3.05, 3.63) is 35.4 Å². The zero-order valence-corrected chi connectivity index (χ0v) is 11.2. The van der Waals surface area contributed by atoms with Crippen LogP contribution in [-0.4, -0.2) is 43.8 Å². The van der Waals surface area contributed by atoms with Gasteiger partial charge in [0, 0.05) is 31.2 Å². The summed E-state index contributed by atoms with van der Waals surface area (Å²) in [5.41, 5.74) is 0.144. The lowest BCUT2D eigenvalue weighted by Crippen LogP contribution is -2.50. The first-order valence-corrected chi connectivity index (χ1v) is 6.67. The van der Waals surface area contributed by atoms with Crippen molar-refractivity contribution in [2.45, 2.75) is 19.5 Å². The molecule has 1 aliphatic rings. The molecule has 1 N–H and O–H groups in total. The van der Waals surface area contributed by atoms with Crippen LogP contribution in [-0.2, 0) is 11.3 Å². The van der Waals surface area contributed by atoms with Gasteiger partial charge in [0.05, 0.1) is 13.2 Å². The van der Waals surface area contributed by atoms with E-state index >= 15 is 0 Å². The minimum atomic E-state index is -0.478. The molecule has 0 bridgehead atoms. The van der Waals surface area contributed by atoms with Crippen LogP contribution in [0.15, 0.2) is 18.2 Å². The van der Waals surface area contributed by atoms with Crippen molar-refractivity contribution in [3.8, 4) is 0 Å². The van der Waals surface area contributed by atoms with Crippen molar-refractivity contribution in [2.24, 2.45) is 0 Å². The Bertz CT molecular complexity index is 394. The fourth-order valence-electron chi connectivity index (χ4n) is 2.28. The molecule has 1 fully saturated rings. The average molecular weight is 270 g/mol. The van der Waals surface area contributed by atoms with Gasteiger partial charge in [-0.05, 0) is 18.7 Å². The van der Waals surface area contributed by atoms with E-state index in [1.54, 1.807) is 0 Å². The monoisotopic (exact) mass is 270 g/mol. The first-order valence-electron chi connectivity index (χ1n) is 6.67. The number of benzene rings is 1. The lowest BCUT2D eigenvalue weighted by molar-refractivity contribution is -0.0116. The van der Waals surface area contributed by atoms with Crippen molar-refractivity contribution in [2.75, 3.05) is 32.8 Å². The van der Waals surface area contributed by atoms with E-state index in [1.165, 1.54) is 18.2 Å². The van der Waals surface area contributed by atoms with Crippen LogP contribution < -0.4 is 5.32 Å². The summed E-state index contributed by atoms with van der Waals surface area (Å²) < 4.78 is 32.8. The summed E-state index contributed by atoms with van der Waals surface area (Å²) in [4.78, 5) is 2.08. The largest absolute Gasteiger partial charge is 0.378 e. The zero-order valence-electron chi connectivity index (χ0n) is 11.2. The van der Waals surface area contributed by atoms with Gasteiger partial charge >= 0.3 is 0 Å². The van der Waals surface area contributed by atoms with Crippen LogP contribution in [0, 0.1) is 11.6 Å². The number of nitrogens with zero attached hydrogens (tertiary/aromatic N) is 1. The van der Waals surface area contributed by atoms with Crippen molar-refractivity contribution >= 4 is 0 Å². The lowest BCUT2D eigenvalue weighted by Gasteiger charge is -2.35. The maximum absolute atomic E-state index is 13.7. The number of hydrogen-bond donors (Lipinski definition) is 1. The minimum absolute atomic E-state index is 0.144. The Morgan fingerprint density at radius 2 is 2.11 bits per heavy atom. The van der Waals surface area contributed by atoms with E-state index < -0.39 is 11.6 Å². The van der Waals surface area contributed by atoms with Gasteiger partial charge in [0.25, 0.3) is 0 Å². The topological polar surface area (TPSA) is 24.5 Å². The van der Waals surface area contributed by atoms with Gasteiger partial charge in [-0.1, -0.05) is 13.0 Å². The smallest absolute Gasteiger partial charge is 0.130 e. The van der Waals surface area contributed by atoms with Gasteiger partial charge in [0.1, 0.15) is 11.6 Å². The number of halogens is 2. The van der Waals surface area contributed by atoms with Crippen molar-refractivity contribution in [1.29, 1.82) is 0 Å². The molecule has 1 unspecified atom stereocenters. The summed E-state index contributed by atoms with van der Waals surface area (Å²) in [5, 5.41) is 3.25. The maximum atomic E-state index is 13.7. The van der Waals surface area contributed by atoms with Crippen LogP contribution in [0.5, 0.6) is 0 Å². The third kappa shape index (κ3) is 3.72. The van der Waals surface area contributed by atoms with Crippen LogP contribution in [0.2, 0.25) is 0 Å². The predicted octanol–water partition coefficient (Wildman–Crippen LogP) is 1.78. The molecule has 0 saturated carbocycles. The first kappa shape index (κ1) is 14.4. The molecule has 1 aromatic rings. The van der Waals surface area contributed by atoms with Gasteiger partial charge in [-0.25, -0.2) is 8.78 Å². The summed E-state index contributed by atoms with van der Waals surface area (Å²) >= 11 is 0. The lowest BCUT2D eigenvalue weighted by atomic mass is 10.1. The Labute approximate surface area is 112 Å². The summed E-state index contributed by atoms with van der Waals surface area (Å²) in [6.07, 6.45) is 0. The van der Waals surface area contributed by atoms with Crippen LogP contribution in [0.1, 0.15) is 12.5 Å². The molecule has 1 heterocycles. The average Bonchev–Trinajstić information content (AvgIpc) is 2.42. The van der Waals surface area contributed by atoms with Crippen LogP contribution in [0.4, 0.5) is 8.78 Å². The van der Waals surface area contributed by atoms with Crippen LogP contribution in [0.3, 0.4) is 0 Å². The molecular formula is C14H20F2N2O. The number of likely N-dealkylation sites (N-methyl/N-ethyl adjacent to an activating group) is 1. The summed E-state index contributed by atoms with van der Waals surface area (Å²) in [6.45, 7) is 5.87. The molecule has 1 aromatic carbocycles. The molecule has 19 heavy (non-hydrogen) atoms. The Balaban J connectivity index is 2.06. The number of nitrogens with one attached hydrogen (secondary N) is 1. The van der Waals surface area contributed by atoms with Crippen molar-refractivity contribution in [1.82, 2.24) is 10.2 Å². The molecule has 0 aromatic heterocycles. The van der Waals surface area contributed by atoms with Crippen molar-refractivity contribution in [3.63, 3.8) is 0 Å². The van der Waals surface area contributed by atoms with Gasteiger partial charge in [0.2, 0.25) is 0 Å². The highest BCUT2D eigenvalue weighted by Gasteiger charge is 2.24. The van der Waals surface area contributed by atoms with Crippen LogP contribution >= 0.6 is 0 Å². The second-order valence-corrected chi connectivity index (χ2v) is 4.71. The zero-order chi connectivity index (χ0) is 13.7. The molecule has 5 heteroatoms. The van der Waals surface area contributed by atoms with E-state index in [1.807, 2.05) is 6.92 Å². The molecule has 0 aliphatic carbocycles. The van der Waals surface area contributed by atoms with Crippen LogP contribution in [0.25, 0.3) is 0 Å². The molecule has 1 atom stereocenters. The number of rotatable bonds is 5. The fourth-order valence-corrected chi connectivity index (χ4v) is 2.28. The highest BCUT2D eigenvalue weighted by molar-refractivity contribution is 5.19. The van der Waals surface area contributed by atoms with Crippen molar-refractivity contribution < 1.29 is 13.5 Å². The highest BCUT2D eigenvalue weighted by Crippen LogP contribution is 2.17. The van der Waals surface area contributed by atoms with E-state index in [0.29, 0.717) is 19.8 Å². The quantitative estimate of drug-likeness (QED) is 0.882. The fraction of sp³-hybridized carbons (Fsp3) is 0.571. The summed E-state index contributed by atoms with van der Waals surface area (Å²) in [7, 11) is 0. The minimum Gasteiger partial charge on any atom is -0.378 e. The molecule has 0 amide bonds. The number of hydrogen-bond acceptors (Lipinski definition) is 3. The molecule has 2 rings (SSSR count). The van der Waals surface area contributed by atoms with Gasteiger partial charge in [-0.3, -0.25) is 4.90 Å². The molecular weight excluding hydrogens is 250 g/mol. The second kappa shape index (κ2) is 6.93. The standard InChI is InChI=1S/C14H20F2N2O/c1-2-17-8-11-10-19-7-6-18(11)9-12-13(15)4-3-5-14(12)16/h3-5,11,17H,2,6-10H2,1H3. The second-order valence-electron chi connectivity index (χ2n) is 4.71. The Hall–Kier alpha value is -1.04. The Kier molecular flexibility index (Phi) is 5.24. The van der Waals surface area contributed by atoms with Gasteiger partial charge in [0.15, 0.2) is 0 Å². The molecule has 1 aliphatic heterocycles. The first-order chi connectivity index (χ1) is 9.22. The molecule has 106 valence electrons. The maximum Gasteiger partial charge on any atom is 0.130 e. The van der Waals surface area contributed by atoms with Gasteiger partial charge in [-0.2, -0.15) is 0 Å². The highest BCUT2D eigenvalue weighted by atomic mass is 19.1. The number of morpholine rings is 1. The molecule has 1 saturated heterocycles. The predicted molar refractivity (Wildman–Crippen MR) is 69.9 cm³/mol. The van der Waals surface area contributed by atoms with Gasteiger partial charge in [-0.15, -0.1) is 0 Å². The summed E-state index contributed by atoms with van der Waals surface area (Å²) in [5.74, 6) is -0.956. The van der Waals surface area contributed by atoms with Gasteiger partial charge < -0.3 is 10.1 Å². The van der Waals surface area contributed by atoms with E-state index in [9.17, 15) is 8.78 Å². The Morgan fingerprint density at radius 3 is 2.79 bits per heavy atom. The summed E-state index contributed by atoms with van der Waals surface area (Å²) in [6, 6.07) is 4.16. The molecule has 3 nitrogen and oxygen atoms in total. The molecule has 0 radical (unpaired) electrons. The number of ether oxygens (including phenoxy) is 1. The van der Waals surface area contributed by atoms with E-state index in [4.69, 9.17) is 4.74 Å². The molecule has 0 spiro atoms. The third-order valence-electron chi connectivity index (χ3n) is 3.40. The van der Waals surface area contributed by atoms with E-state index in [-0.39, 0.29) is 18.2 Å². The Morgan fingerprint density at radius 1 is 1.37 bits per heavy atom. The SMILES string of the molecule is CCNCC1COCCN1Cc1c(F)cccc1F.